The molecule has 0 aliphatic carbocycles. The molecule has 0 unspecified atom stereocenters. The maximum atomic E-state index is 3.96. The second-order valence-electron chi connectivity index (χ2n) is 4.39. The standard InChI is InChI=1S/C15H18N2Si/c1-3-18(2,16-14-10-6-4-7-11-14)17-15-12-8-5-9-13-15/h3-13,16-17H,1H2,2H3. The zero-order chi connectivity index (χ0) is 12.8. The fourth-order valence-corrected chi connectivity index (χ4v) is 3.58. The maximum Gasteiger partial charge on any atom is 0.281 e. The summed E-state index contributed by atoms with van der Waals surface area (Å²) in [5, 5.41) is 0. The summed E-state index contributed by atoms with van der Waals surface area (Å²) in [6.45, 7) is 6.16. The number of benzene rings is 2. The molecular weight excluding hydrogens is 236 g/mol. The minimum absolute atomic E-state index is 1.12. The third-order valence-electron chi connectivity index (χ3n) is 2.76. The fourth-order valence-electron chi connectivity index (χ4n) is 1.78. The Bertz CT molecular complexity index is 455. The van der Waals surface area contributed by atoms with Crippen molar-refractivity contribution < 1.29 is 0 Å². The van der Waals surface area contributed by atoms with E-state index in [1.165, 1.54) is 0 Å². The van der Waals surface area contributed by atoms with E-state index in [1.54, 1.807) is 0 Å². The first-order chi connectivity index (χ1) is 8.72. The topological polar surface area (TPSA) is 24.1 Å². The number of hydrogen-bond donors (Lipinski definition) is 2. The number of rotatable bonds is 5. The molecule has 0 bridgehead atoms. The van der Waals surface area contributed by atoms with Crippen molar-refractivity contribution in [3.63, 3.8) is 0 Å². The number of hydrogen-bond acceptors (Lipinski definition) is 2. The van der Waals surface area contributed by atoms with Crippen LogP contribution < -0.4 is 9.96 Å². The van der Waals surface area contributed by atoms with Crippen molar-refractivity contribution in [3.8, 4) is 0 Å². The van der Waals surface area contributed by atoms with Gasteiger partial charge in [-0.15, -0.1) is 6.58 Å². The second-order valence-corrected chi connectivity index (χ2v) is 7.70. The van der Waals surface area contributed by atoms with Gasteiger partial charge in [0.2, 0.25) is 0 Å². The third kappa shape index (κ3) is 3.24. The van der Waals surface area contributed by atoms with Gasteiger partial charge in [0.05, 0.1) is 0 Å². The Labute approximate surface area is 110 Å². The monoisotopic (exact) mass is 254 g/mol. The molecule has 2 N–H and O–H groups in total. The van der Waals surface area contributed by atoms with E-state index >= 15 is 0 Å². The van der Waals surface area contributed by atoms with E-state index < -0.39 is 8.40 Å². The summed E-state index contributed by atoms with van der Waals surface area (Å²) in [6, 6.07) is 20.4. The summed E-state index contributed by atoms with van der Waals surface area (Å²) in [5.41, 5.74) is 4.25. The van der Waals surface area contributed by atoms with Crippen molar-refractivity contribution in [2.75, 3.05) is 9.96 Å². The molecule has 0 aliphatic heterocycles. The molecule has 2 rings (SSSR count). The number of nitrogens with one attached hydrogen (secondary N) is 2. The van der Waals surface area contributed by atoms with Gasteiger partial charge in [-0.05, 0) is 30.8 Å². The maximum absolute atomic E-state index is 3.96. The average Bonchev–Trinajstić information content (AvgIpc) is 2.41. The van der Waals surface area contributed by atoms with Crippen LogP contribution in [0.2, 0.25) is 6.55 Å². The molecule has 2 nitrogen and oxygen atoms in total. The van der Waals surface area contributed by atoms with Crippen molar-refractivity contribution >= 4 is 19.8 Å². The second kappa shape index (κ2) is 5.56. The van der Waals surface area contributed by atoms with E-state index in [0.29, 0.717) is 0 Å². The van der Waals surface area contributed by atoms with Gasteiger partial charge >= 0.3 is 0 Å². The Balaban J connectivity index is 2.13. The van der Waals surface area contributed by atoms with Crippen LogP contribution in [0.5, 0.6) is 0 Å². The first kappa shape index (κ1) is 12.5. The highest BCUT2D eigenvalue weighted by Gasteiger charge is 2.24. The van der Waals surface area contributed by atoms with E-state index in [0.717, 1.165) is 11.4 Å². The van der Waals surface area contributed by atoms with Crippen LogP contribution in [0.1, 0.15) is 0 Å². The van der Waals surface area contributed by atoms with Crippen molar-refractivity contribution in [2.24, 2.45) is 0 Å². The molecule has 0 radical (unpaired) electrons. The molecule has 0 amide bonds. The molecule has 92 valence electrons. The lowest BCUT2D eigenvalue weighted by atomic mass is 10.3. The van der Waals surface area contributed by atoms with Gasteiger partial charge in [-0.25, -0.2) is 0 Å². The predicted octanol–water partition coefficient (Wildman–Crippen LogP) is 4.01. The fraction of sp³-hybridized carbons (Fsp3) is 0.0667. The number of anilines is 2. The van der Waals surface area contributed by atoms with Crippen LogP contribution >= 0.6 is 0 Å². The first-order valence-electron chi connectivity index (χ1n) is 6.02. The van der Waals surface area contributed by atoms with Crippen molar-refractivity contribution in [1.82, 2.24) is 0 Å². The van der Waals surface area contributed by atoms with Gasteiger partial charge < -0.3 is 9.96 Å². The van der Waals surface area contributed by atoms with Gasteiger partial charge in [0.25, 0.3) is 8.40 Å². The zero-order valence-corrected chi connectivity index (χ0v) is 11.6. The molecule has 0 spiro atoms. The SMILES string of the molecule is C=C[Si](C)(Nc1ccccc1)Nc1ccccc1. The van der Waals surface area contributed by atoms with Crippen LogP contribution in [-0.4, -0.2) is 8.40 Å². The Morgan fingerprint density at radius 3 is 1.56 bits per heavy atom. The smallest absolute Gasteiger partial charge is 0.281 e. The van der Waals surface area contributed by atoms with Crippen LogP contribution in [0.25, 0.3) is 0 Å². The predicted molar refractivity (Wildman–Crippen MR) is 81.9 cm³/mol. The van der Waals surface area contributed by atoms with E-state index in [4.69, 9.17) is 0 Å². The van der Waals surface area contributed by atoms with Crippen LogP contribution in [-0.2, 0) is 0 Å². The number of para-hydroxylation sites is 2. The van der Waals surface area contributed by atoms with Gasteiger partial charge in [-0.3, -0.25) is 0 Å². The molecule has 0 saturated heterocycles. The van der Waals surface area contributed by atoms with E-state index in [2.05, 4.69) is 47.4 Å². The van der Waals surface area contributed by atoms with Crippen LogP contribution in [0.4, 0.5) is 11.4 Å². The molecule has 0 saturated carbocycles. The molecule has 0 fully saturated rings. The van der Waals surface area contributed by atoms with Crippen LogP contribution in [0.15, 0.2) is 72.9 Å². The lowest BCUT2D eigenvalue weighted by molar-refractivity contribution is 1.55. The highest BCUT2D eigenvalue weighted by Crippen LogP contribution is 2.16. The Hall–Kier alpha value is -2.00. The van der Waals surface area contributed by atoms with Crippen molar-refractivity contribution in [3.05, 3.63) is 72.9 Å². The van der Waals surface area contributed by atoms with Crippen LogP contribution in [0, 0.1) is 0 Å². The summed E-state index contributed by atoms with van der Waals surface area (Å²) in [6.07, 6.45) is 0. The summed E-state index contributed by atoms with van der Waals surface area (Å²) in [4.78, 5) is 7.13. The highest BCUT2D eigenvalue weighted by atomic mass is 28.3. The lowest BCUT2D eigenvalue weighted by Crippen LogP contribution is -2.47. The van der Waals surface area contributed by atoms with Crippen molar-refractivity contribution in [1.29, 1.82) is 0 Å². The van der Waals surface area contributed by atoms with Crippen LogP contribution in [0.3, 0.4) is 0 Å². The van der Waals surface area contributed by atoms with Gasteiger partial charge in [-0.2, -0.15) is 0 Å². The third-order valence-corrected chi connectivity index (χ3v) is 5.20. The normalized spacial score (nSPS) is 10.7. The molecular formula is C15H18N2Si. The Morgan fingerprint density at radius 2 is 1.22 bits per heavy atom. The molecule has 2 aromatic rings. The van der Waals surface area contributed by atoms with E-state index in [1.807, 2.05) is 42.1 Å². The molecule has 3 heteroatoms. The molecule has 0 heterocycles. The van der Waals surface area contributed by atoms with Crippen molar-refractivity contribution in [2.45, 2.75) is 6.55 Å². The summed E-state index contributed by atoms with van der Waals surface area (Å²) < 4.78 is 0. The molecule has 0 atom stereocenters. The minimum Gasteiger partial charge on any atom is -0.391 e. The van der Waals surface area contributed by atoms with Gasteiger partial charge in [0, 0.05) is 11.4 Å². The quantitative estimate of drug-likeness (QED) is 0.788. The lowest BCUT2D eigenvalue weighted by Gasteiger charge is -2.27. The van der Waals surface area contributed by atoms with Gasteiger partial charge in [0.15, 0.2) is 0 Å². The largest absolute Gasteiger partial charge is 0.391 e. The summed E-state index contributed by atoms with van der Waals surface area (Å²) >= 11 is 0. The van der Waals surface area contributed by atoms with Gasteiger partial charge in [0.1, 0.15) is 0 Å². The molecule has 2 aromatic carbocycles. The first-order valence-corrected chi connectivity index (χ1v) is 8.60. The Morgan fingerprint density at radius 1 is 0.833 bits per heavy atom. The summed E-state index contributed by atoms with van der Waals surface area (Å²) in [5.74, 6) is 0. The van der Waals surface area contributed by atoms with Gasteiger partial charge in [-0.1, -0.05) is 42.1 Å². The minimum atomic E-state index is -1.94. The van der Waals surface area contributed by atoms with E-state index in [9.17, 15) is 0 Å². The molecule has 18 heavy (non-hydrogen) atoms. The Kier molecular flexibility index (Phi) is 3.84. The molecule has 0 aromatic heterocycles. The average molecular weight is 254 g/mol. The van der Waals surface area contributed by atoms with E-state index in [-0.39, 0.29) is 0 Å². The molecule has 0 aliphatic rings. The zero-order valence-electron chi connectivity index (χ0n) is 10.6. The highest BCUT2D eigenvalue weighted by molar-refractivity contribution is 6.88. The summed E-state index contributed by atoms with van der Waals surface area (Å²) in [7, 11) is -1.94.